The standard InChI is InChI=1S/2C22H24FN3O4/c1-28-22-24-18-15-19(25-9-12-29-13-10-25)17(23)14-20(18)26(22)21(27)8-5-11-30-16-6-3-2-4-7-16;1-28-22-24-18-14-17(23)19(25-9-12-29-13-10-25)15-20(18)26(22)21(27)8-5-11-30-16-6-3-2-4-7-16/h2*2-4,6-7,14-15H,5,8-13H2,1H3. The number of methoxy groups -OCH3 is 2. The molecule has 0 amide bonds. The molecule has 60 heavy (non-hydrogen) atoms. The molecule has 0 unspecified atom stereocenters. The van der Waals surface area contributed by atoms with E-state index in [1.807, 2.05) is 70.5 Å². The van der Waals surface area contributed by atoms with Gasteiger partial charge in [0.25, 0.3) is 0 Å². The number of hydrogen-bond donors (Lipinski definition) is 0. The highest BCUT2D eigenvalue weighted by atomic mass is 19.1. The van der Waals surface area contributed by atoms with Gasteiger partial charge in [-0.25, -0.2) is 17.9 Å². The van der Waals surface area contributed by atoms with E-state index in [0.29, 0.717) is 112 Å². The number of fused-ring (bicyclic) bond motifs is 2. The Labute approximate surface area is 346 Å². The molecule has 0 saturated carbocycles. The number of rotatable bonds is 14. The molecule has 6 aromatic rings. The van der Waals surface area contributed by atoms with Crippen LogP contribution < -0.4 is 28.7 Å². The molecule has 0 radical (unpaired) electrons. The van der Waals surface area contributed by atoms with Crippen molar-refractivity contribution in [1.29, 1.82) is 0 Å². The van der Waals surface area contributed by atoms with Gasteiger partial charge in [-0.3, -0.25) is 9.59 Å². The monoisotopic (exact) mass is 826 g/mol. The van der Waals surface area contributed by atoms with Gasteiger partial charge in [-0.1, -0.05) is 36.4 Å². The van der Waals surface area contributed by atoms with Crippen LogP contribution in [-0.4, -0.2) is 111 Å². The number of aromatic nitrogens is 4. The number of para-hydroxylation sites is 2. The fourth-order valence-electron chi connectivity index (χ4n) is 7.06. The lowest BCUT2D eigenvalue weighted by molar-refractivity contribution is 0.0878. The summed E-state index contributed by atoms with van der Waals surface area (Å²) < 4.78 is 64.9. The molecule has 16 heteroatoms. The molecular formula is C44H48F2N6O8. The van der Waals surface area contributed by atoms with E-state index in [1.54, 1.807) is 12.1 Å². The molecule has 2 aliphatic heterocycles. The van der Waals surface area contributed by atoms with E-state index >= 15 is 0 Å². The van der Waals surface area contributed by atoms with Gasteiger partial charge in [0.1, 0.15) is 23.1 Å². The Morgan fingerprint density at radius 2 is 1.02 bits per heavy atom. The van der Waals surface area contributed by atoms with Crippen LogP contribution >= 0.6 is 0 Å². The molecular weight excluding hydrogens is 779 g/mol. The topological polar surface area (TPSA) is 132 Å². The summed E-state index contributed by atoms with van der Waals surface area (Å²) in [5, 5.41) is 0. The molecule has 2 fully saturated rings. The van der Waals surface area contributed by atoms with Crippen molar-refractivity contribution >= 4 is 45.3 Å². The van der Waals surface area contributed by atoms with Gasteiger partial charge in [0, 0.05) is 51.2 Å². The summed E-state index contributed by atoms with van der Waals surface area (Å²) in [7, 11) is 2.89. The number of nitrogens with zero attached hydrogens (tertiary/aromatic N) is 6. The van der Waals surface area contributed by atoms with Crippen LogP contribution in [0.2, 0.25) is 0 Å². The number of ether oxygens (including phenoxy) is 6. The summed E-state index contributed by atoms with van der Waals surface area (Å²) in [6, 6.07) is 25.2. The average molecular weight is 827 g/mol. The molecule has 4 aromatic carbocycles. The quantitative estimate of drug-likeness (QED) is 0.104. The number of carbonyl (C=O) groups excluding carboxylic acids is 2. The lowest BCUT2D eigenvalue weighted by Crippen LogP contribution is -2.36. The predicted octanol–water partition coefficient (Wildman–Crippen LogP) is 7.04. The highest BCUT2D eigenvalue weighted by Gasteiger charge is 2.24. The van der Waals surface area contributed by atoms with Crippen molar-refractivity contribution in [2.24, 2.45) is 0 Å². The number of hydrogen-bond acceptors (Lipinski definition) is 12. The fraction of sp³-hybridized carbons (Fsp3) is 0.364. The van der Waals surface area contributed by atoms with Crippen LogP contribution in [0.3, 0.4) is 0 Å². The summed E-state index contributed by atoms with van der Waals surface area (Å²) >= 11 is 0. The van der Waals surface area contributed by atoms with Crippen molar-refractivity contribution in [2.45, 2.75) is 25.7 Å². The Balaban J connectivity index is 0.000000181. The average Bonchev–Trinajstić information content (AvgIpc) is 3.84. The van der Waals surface area contributed by atoms with E-state index in [-0.39, 0.29) is 42.5 Å². The van der Waals surface area contributed by atoms with E-state index in [9.17, 15) is 18.4 Å². The van der Waals surface area contributed by atoms with E-state index < -0.39 is 5.82 Å². The third-order valence-corrected chi connectivity index (χ3v) is 10.0. The maximum absolute atomic E-state index is 14.9. The maximum atomic E-state index is 14.9. The first-order chi connectivity index (χ1) is 29.3. The van der Waals surface area contributed by atoms with Crippen molar-refractivity contribution < 1.29 is 46.8 Å². The van der Waals surface area contributed by atoms with Crippen molar-refractivity contribution in [3.8, 4) is 23.5 Å². The van der Waals surface area contributed by atoms with E-state index in [2.05, 4.69) is 9.97 Å². The Kier molecular flexibility index (Phi) is 14.1. The number of imidazole rings is 2. The Hall–Kier alpha value is -6.26. The second-order valence-electron chi connectivity index (χ2n) is 14.0. The molecule has 0 N–H and O–H groups in total. The largest absolute Gasteiger partial charge is 0.494 e. The third kappa shape index (κ3) is 9.94. The van der Waals surface area contributed by atoms with Crippen LogP contribution in [0, 0.1) is 11.6 Å². The molecule has 8 rings (SSSR count). The van der Waals surface area contributed by atoms with Crippen molar-refractivity contribution in [3.63, 3.8) is 0 Å². The molecule has 0 atom stereocenters. The zero-order valence-corrected chi connectivity index (χ0v) is 33.7. The third-order valence-electron chi connectivity index (χ3n) is 10.0. The van der Waals surface area contributed by atoms with Crippen molar-refractivity contribution in [1.82, 2.24) is 19.1 Å². The minimum Gasteiger partial charge on any atom is -0.494 e. The summed E-state index contributed by atoms with van der Waals surface area (Å²) in [4.78, 5) is 38.3. The predicted molar refractivity (Wildman–Crippen MR) is 222 cm³/mol. The Morgan fingerprint density at radius 3 is 1.48 bits per heavy atom. The molecule has 0 aliphatic carbocycles. The van der Waals surface area contributed by atoms with Crippen LogP contribution in [0.25, 0.3) is 22.1 Å². The Bertz CT molecular complexity index is 2360. The zero-order chi connectivity index (χ0) is 41.8. The van der Waals surface area contributed by atoms with Crippen LogP contribution in [-0.2, 0) is 9.47 Å². The highest BCUT2D eigenvalue weighted by Crippen LogP contribution is 2.31. The highest BCUT2D eigenvalue weighted by molar-refractivity contribution is 5.94. The second kappa shape index (κ2) is 20.1. The van der Waals surface area contributed by atoms with Crippen LogP contribution in [0.1, 0.15) is 35.3 Å². The number of carbonyl (C=O) groups is 2. The van der Waals surface area contributed by atoms with Gasteiger partial charge >= 0.3 is 12.0 Å². The van der Waals surface area contributed by atoms with E-state index in [4.69, 9.17) is 28.4 Å². The molecule has 14 nitrogen and oxygen atoms in total. The number of benzene rings is 4. The van der Waals surface area contributed by atoms with Gasteiger partial charge in [-0.15, -0.1) is 0 Å². The van der Waals surface area contributed by atoms with E-state index in [1.165, 1.54) is 35.5 Å². The van der Waals surface area contributed by atoms with E-state index in [0.717, 1.165) is 11.5 Å². The first-order valence-corrected chi connectivity index (χ1v) is 19.9. The number of morpholine rings is 2. The maximum Gasteiger partial charge on any atom is 0.304 e. The van der Waals surface area contributed by atoms with Gasteiger partial charge in [-0.05, 0) is 49.2 Å². The molecule has 0 bridgehead atoms. The molecule has 4 heterocycles. The minimum absolute atomic E-state index is 0.150. The molecule has 2 saturated heterocycles. The second-order valence-corrected chi connectivity index (χ2v) is 14.0. The lowest BCUT2D eigenvalue weighted by atomic mass is 10.2. The van der Waals surface area contributed by atoms with Crippen LogP contribution in [0.5, 0.6) is 23.5 Å². The summed E-state index contributed by atoms with van der Waals surface area (Å²) in [6.07, 6.45) is 1.53. The molecule has 2 aromatic heterocycles. The van der Waals surface area contributed by atoms with Gasteiger partial charge in [0.05, 0.1) is 87.3 Å². The number of anilines is 2. The first-order valence-electron chi connectivity index (χ1n) is 19.9. The summed E-state index contributed by atoms with van der Waals surface area (Å²) in [5.41, 5.74) is 2.73. The van der Waals surface area contributed by atoms with Gasteiger partial charge in [0.15, 0.2) is 0 Å². The zero-order valence-electron chi connectivity index (χ0n) is 33.7. The van der Waals surface area contributed by atoms with Gasteiger partial charge in [0.2, 0.25) is 11.8 Å². The first kappa shape index (κ1) is 41.9. The smallest absolute Gasteiger partial charge is 0.304 e. The molecule has 316 valence electrons. The SMILES string of the molecule is COc1nc2cc(F)c(N3CCOCC3)cc2n1C(=O)CCCOc1ccccc1.COc1nc2cc(N3CCOCC3)c(F)cc2n1C(=O)CCCOc1ccccc1. The summed E-state index contributed by atoms with van der Waals surface area (Å²) in [6.45, 7) is 5.43. The Morgan fingerprint density at radius 1 is 0.600 bits per heavy atom. The lowest BCUT2D eigenvalue weighted by Gasteiger charge is -2.29. The van der Waals surface area contributed by atoms with Crippen molar-refractivity contribution in [3.05, 3.63) is 96.6 Å². The normalized spacial score (nSPS) is 14.1. The minimum atomic E-state index is -0.395. The molecule has 0 spiro atoms. The van der Waals surface area contributed by atoms with Crippen LogP contribution in [0.15, 0.2) is 84.9 Å². The summed E-state index contributed by atoms with van der Waals surface area (Å²) in [5.74, 6) is 0.360. The van der Waals surface area contributed by atoms with Gasteiger partial charge in [-0.2, -0.15) is 9.97 Å². The van der Waals surface area contributed by atoms with Crippen LogP contribution in [0.4, 0.5) is 20.2 Å². The van der Waals surface area contributed by atoms with Crippen molar-refractivity contribution in [2.75, 3.05) is 89.8 Å². The van der Waals surface area contributed by atoms with Gasteiger partial charge < -0.3 is 38.2 Å². The number of halogens is 2. The molecule has 2 aliphatic rings. The fourth-order valence-corrected chi connectivity index (χ4v) is 7.06.